The van der Waals surface area contributed by atoms with Crippen LogP contribution in [0.5, 0.6) is 5.75 Å². The number of carbonyl (C=O) groups is 1. The van der Waals surface area contributed by atoms with Gasteiger partial charge in [-0.05, 0) is 95.7 Å². The van der Waals surface area contributed by atoms with E-state index in [4.69, 9.17) is 4.74 Å². The van der Waals surface area contributed by atoms with Gasteiger partial charge in [0.25, 0.3) is 20.0 Å². The molecule has 15 heteroatoms. The molecule has 0 saturated heterocycles. The van der Waals surface area contributed by atoms with Gasteiger partial charge < -0.3 is 10.1 Å². The first kappa shape index (κ1) is 32.8. The van der Waals surface area contributed by atoms with Crippen molar-refractivity contribution in [3.05, 3.63) is 107 Å². The second-order valence-electron chi connectivity index (χ2n) is 9.40. The summed E-state index contributed by atoms with van der Waals surface area (Å²) in [6.07, 6.45) is -4.65. The summed E-state index contributed by atoms with van der Waals surface area (Å²) in [6.45, 7) is 1.21. The lowest BCUT2D eigenvalue weighted by Crippen LogP contribution is -2.38. The van der Waals surface area contributed by atoms with Crippen LogP contribution in [0.4, 0.5) is 30.2 Å². The zero-order valence-electron chi connectivity index (χ0n) is 23.1. The van der Waals surface area contributed by atoms with E-state index in [1.165, 1.54) is 43.5 Å². The van der Waals surface area contributed by atoms with E-state index in [9.17, 15) is 34.8 Å². The average Bonchev–Trinajstić information content (AvgIpc) is 2.96. The number of nitrogens with one attached hydrogen (secondary N) is 2. The summed E-state index contributed by atoms with van der Waals surface area (Å²) in [5.74, 6) is -0.307. The van der Waals surface area contributed by atoms with Gasteiger partial charge >= 0.3 is 6.18 Å². The van der Waals surface area contributed by atoms with Gasteiger partial charge in [0, 0.05) is 11.4 Å². The van der Waals surface area contributed by atoms with E-state index in [0.29, 0.717) is 16.3 Å². The highest BCUT2D eigenvalue weighted by molar-refractivity contribution is 9.10. The summed E-state index contributed by atoms with van der Waals surface area (Å²) >= 11 is 3.28. The summed E-state index contributed by atoms with van der Waals surface area (Å²) in [4.78, 5) is 12.7. The molecule has 0 radical (unpaired) electrons. The van der Waals surface area contributed by atoms with Crippen LogP contribution < -0.4 is 19.1 Å². The number of benzene rings is 4. The molecule has 0 aliphatic heterocycles. The first-order chi connectivity index (χ1) is 20.6. The normalized spacial score (nSPS) is 12.0. The first-order valence-corrected chi connectivity index (χ1v) is 16.3. The fourth-order valence-corrected chi connectivity index (χ4v) is 7.17. The van der Waals surface area contributed by atoms with Crippen LogP contribution in [0.3, 0.4) is 0 Å². The molecule has 0 heterocycles. The predicted octanol–water partition coefficient (Wildman–Crippen LogP) is 6.42. The van der Waals surface area contributed by atoms with E-state index in [1.807, 2.05) is 6.92 Å². The summed E-state index contributed by atoms with van der Waals surface area (Å²) in [5.41, 5.74) is -0.0304. The van der Waals surface area contributed by atoms with Crippen molar-refractivity contribution in [2.45, 2.75) is 22.9 Å². The van der Waals surface area contributed by atoms with Crippen LogP contribution in [0.2, 0.25) is 0 Å². The number of hydrogen-bond donors (Lipinski definition) is 2. The van der Waals surface area contributed by atoms with E-state index in [0.717, 1.165) is 34.1 Å². The Hall–Kier alpha value is -4.08. The molecular weight excluding hydrogens is 687 g/mol. The highest BCUT2D eigenvalue weighted by atomic mass is 79.9. The molecule has 0 bridgehead atoms. The van der Waals surface area contributed by atoms with Crippen molar-refractivity contribution < 1.29 is 39.5 Å². The molecule has 0 unspecified atom stereocenters. The van der Waals surface area contributed by atoms with Crippen LogP contribution in [0.25, 0.3) is 0 Å². The van der Waals surface area contributed by atoms with Crippen molar-refractivity contribution in [2.75, 3.05) is 28.0 Å². The Kier molecular flexibility index (Phi) is 9.61. The molecular formula is C29H25BrF3N3O6S2. The Morgan fingerprint density at radius 2 is 1.50 bits per heavy atom. The van der Waals surface area contributed by atoms with Crippen molar-refractivity contribution in [3.8, 4) is 5.75 Å². The second kappa shape index (κ2) is 12.9. The van der Waals surface area contributed by atoms with Crippen LogP contribution in [-0.4, -0.2) is 36.4 Å². The molecule has 4 aromatic rings. The average molecular weight is 713 g/mol. The largest absolute Gasteiger partial charge is 0.496 e. The Balaban J connectivity index is 1.53. The van der Waals surface area contributed by atoms with E-state index < -0.39 is 44.2 Å². The summed E-state index contributed by atoms with van der Waals surface area (Å²) in [6, 6.07) is 19.3. The fraction of sp³-hybridized carbons (Fsp3) is 0.138. The SMILES string of the molecule is COc1ccc(S(=O)(=O)N(CC(=O)Nc2ccc(S(=O)(=O)Nc3cccc(C(F)(F)F)c3)cc2)c2ccc(C)cc2)cc1Br. The molecule has 0 fully saturated rings. The summed E-state index contributed by atoms with van der Waals surface area (Å²) < 4.78 is 101. The number of sulfonamides is 2. The molecule has 44 heavy (non-hydrogen) atoms. The van der Waals surface area contributed by atoms with Gasteiger partial charge in [0.05, 0.1) is 32.6 Å². The van der Waals surface area contributed by atoms with Gasteiger partial charge in [-0.15, -0.1) is 0 Å². The highest BCUT2D eigenvalue weighted by Crippen LogP contribution is 2.32. The zero-order valence-corrected chi connectivity index (χ0v) is 26.3. The molecule has 0 aromatic heterocycles. The number of methoxy groups -OCH3 is 1. The van der Waals surface area contributed by atoms with Crippen LogP contribution in [0, 0.1) is 6.92 Å². The number of anilines is 3. The number of nitrogens with zero attached hydrogens (tertiary/aromatic N) is 1. The van der Waals surface area contributed by atoms with Crippen LogP contribution in [0.1, 0.15) is 11.1 Å². The van der Waals surface area contributed by atoms with Gasteiger partial charge in [-0.3, -0.25) is 13.8 Å². The molecule has 4 rings (SSSR count). The third-order valence-electron chi connectivity index (χ3n) is 6.21. The molecule has 9 nitrogen and oxygen atoms in total. The van der Waals surface area contributed by atoms with E-state index in [2.05, 4.69) is 26.0 Å². The van der Waals surface area contributed by atoms with E-state index in [-0.39, 0.29) is 26.9 Å². The number of rotatable bonds is 10. The minimum Gasteiger partial charge on any atom is -0.496 e. The Labute approximate surface area is 260 Å². The zero-order chi connectivity index (χ0) is 32.3. The second-order valence-corrected chi connectivity index (χ2v) is 13.8. The molecule has 0 aliphatic rings. The molecule has 0 atom stereocenters. The number of halogens is 4. The van der Waals surface area contributed by atoms with Crippen molar-refractivity contribution in [2.24, 2.45) is 0 Å². The van der Waals surface area contributed by atoms with Crippen LogP contribution in [-0.2, 0) is 31.0 Å². The number of aryl methyl sites for hydroxylation is 1. The van der Waals surface area contributed by atoms with E-state index >= 15 is 0 Å². The molecule has 0 spiro atoms. The molecule has 4 aromatic carbocycles. The number of hydrogen-bond acceptors (Lipinski definition) is 6. The van der Waals surface area contributed by atoms with E-state index in [1.54, 1.807) is 24.3 Å². The van der Waals surface area contributed by atoms with Gasteiger partial charge in [-0.1, -0.05) is 23.8 Å². The maximum Gasteiger partial charge on any atom is 0.416 e. The molecule has 0 saturated carbocycles. The Morgan fingerprint density at radius 1 is 0.864 bits per heavy atom. The van der Waals surface area contributed by atoms with Crippen molar-refractivity contribution in [1.82, 2.24) is 0 Å². The van der Waals surface area contributed by atoms with Crippen molar-refractivity contribution in [1.29, 1.82) is 0 Å². The van der Waals surface area contributed by atoms with Gasteiger partial charge in [0.15, 0.2) is 0 Å². The lowest BCUT2D eigenvalue weighted by atomic mass is 10.2. The monoisotopic (exact) mass is 711 g/mol. The maximum absolute atomic E-state index is 13.7. The third kappa shape index (κ3) is 7.70. The van der Waals surface area contributed by atoms with Gasteiger partial charge in [0.2, 0.25) is 5.91 Å². The van der Waals surface area contributed by atoms with Crippen molar-refractivity contribution >= 4 is 58.9 Å². The topological polar surface area (TPSA) is 122 Å². The Bertz CT molecular complexity index is 1890. The standard InChI is InChI=1S/C29H25BrF3N3O6S2/c1-19-6-10-23(11-7-19)36(44(40,41)25-14-15-27(42-2)26(30)17-25)18-28(37)34-21-8-12-24(13-9-21)43(38,39)35-22-5-3-4-20(16-22)29(31,32)33/h3-17,35H,18H2,1-2H3,(H,34,37). The Morgan fingerprint density at radius 3 is 2.09 bits per heavy atom. The van der Waals surface area contributed by atoms with Crippen molar-refractivity contribution in [3.63, 3.8) is 0 Å². The number of ether oxygens (including phenoxy) is 1. The maximum atomic E-state index is 13.7. The minimum absolute atomic E-state index is 0.0959. The molecule has 232 valence electrons. The summed E-state index contributed by atoms with van der Waals surface area (Å²) in [7, 11) is -7.07. The van der Waals surface area contributed by atoms with Gasteiger partial charge in [-0.25, -0.2) is 16.8 Å². The van der Waals surface area contributed by atoms with Gasteiger partial charge in [-0.2, -0.15) is 13.2 Å². The fourth-order valence-electron chi connectivity index (χ4n) is 3.98. The molecule has 0 aliphatic carbocycles. The minimum atomic E-state index is -4.65. The molecule has 2 N–H and O–H groups in total. The third-order valence-corrected chi connectivity index (χ3v) is 10.00. The summed E-state index contributed by atoms with van der Waals surface area (Å²) in [5, 5.41) is 2.54. The smallest absolute Gasteiger partial charge is 0.416 e. The lowest BCUT2D eigenvalue weighted by molar-refractivity contribution is -0.137. The highest BCUT2D eigenvalue weighted by Gasteiger charge is 2.31. The predicted molar refractivity (Wildman–Crippen MR) is 164 cm³/mol. The number of amides is 1. The van der Waals surface area contributed by atoms with Gasteiger partial charge in [0.1, 0.15) is 12.3 Å². The van der Waals surface area contributed by atoms with Crippen LogP contribution in [0.15, 0.2) is 105 Å². The quantitative estimate of drug-likeness (QED) is 0.196. The van der Waals surface area contributed by atoms with Crippen LogP contribution >= 0.6 is 15.9 Å². The molecule has 1 amide bonds. The first-order valence-electron chi connectivity index (χ1n) is 12.6. The number of alkyl halides is 3. The lowest BCUT2D eigenvalue weighted by Gasteiger charge is -2.24. The number of carbonyl (C=O) groups excluding carboxylic acids is 1.